The van der Waals surface area contributed by atoms with E-state index in [-0.39, 0.29) is 26.2 Å². The number of hydrogen-bond acceptors (Lipinski definition) is 13. The van der Waals surface area contributed by atoms with Crippen LogP contribution in [0.1, 0.15) is 17.2 Å². The number of amides is 2. The van der Waals surface area contributed by atoms with Crippen molar-refractivity contribution in [3.05, 3.63) is 66.3 Å². The number of hydrogen-bond donors (Lipinski definition) is 5. The van der Waals surface area contributed by atoms with Crippen molar-refractivity contribution in [2.75, 3.05) is 32.7 Å². The molecule has 21 heteroatoms. The van der Waals surface area contributed by atoms with E-state index in [9.17, 15) is 28.8 Å². The molecule has 0 radical (unpaired) electrons. The van der Waals surface area contributed by atoms with Crippen molar-refractivity contribution < 1.29 is 58.5 Å². The van der Waals surface area contributed by atoms with E-state index in [1.54, 1.807) is 12.1 Å². The molecule has 20 nitrogen and oxygen atoms in total. The van der Waals surface area contributed by atoms with E-state index < -0.39 is 61.9 Å². The van der Waals surface area contributed by atoms with Crippen molar-refractivity contribution in [3.63, 3.8) is 0 Å². The van der Waals surface area contributed by atoms with Crippen LogP contribution in [0.5, 0.6) is 0 Å². The van der Waals surface area contributed by atoms with E-state index >= 15 is 0 Å². The van der Waals surface area contributed by atoms with E-state index in [1.165, 1.54) is 33.9 Å². The third-order valence-electron chi connectivity index (χ3n) is 6.76. The zero-order chi connectivity index (χ0) is 35.9. The molecule has 0 spiro atoms. The Morgan fingerprint density at radius 1 is 0.714 bits per heavy atom. The Labute approximate surface area is 282 Å². The molecule has 0 unspecified atom stereocenters. The third-order valence-corrected chi connectivity index (χ3v) is 7.38. The second kappa shape index (κ2) is 18.8. The molecule has 0 saturated heterocycles. The van der Waals surface area contributed by atoms with Crippen molar-refractivity contribution in [1.82, 2.24) is 33.8 Å². The lowest BCUT2D eigenvalue weighted by Gasteiger charge is -2.24. The summed E-state index contributed by atoms with van der Waals surface area (Å²) >= 11 is 0.916. The van der Waals surface area contributed by atoms with Crippen LogP contribution in [0, 0.1) is 0 Å². The number of aliphatic carboxylic acids is 4. The summed E-state index contributed by atoms with van der Waals surface area (Å²) in [6, 6.07) is 7.30. The lowest BCUT2D eigenvalue weighted by Crippen LogP contribution is -2.41. The number of carbonyl (C=O) groups excluding carboxylic acids is 2. The van der Waals surface area contributed by atoms with Gasteiger partial charge in [-0.2, -0.15) is 5.90 Å². The van der Waals surface area contributed by atoms with Crippen molar-refractivity contribution in [2.24, 2.45) is 5.90 Å². The van der Waals surface area contributed by atoms with Gasteiger partial charge in [0.25, 0.3) is 0 Å². The smallest absolute Gasteiger partial charge is 0.323 e. The van der Waals surface area contributed by atoms with Gasteiger partial charge in [0.15, 0.2) is 0 Å². The van der Waals surface area contributed by atoms with Gasteiger partial charge < -0.3 is 39.4 Å². The van der Waals surface area contributed by atoms with E-state index in [1.807, 2.05) is 17.0 Å². The van der Waals surface area contributed by atoms with Crippen LogP contribution >= 0.6 is 12.0 Å². The Bertz CT molecular complexity index is 1490. The van der Waals surface area contributed by atoms with Gasteiger partial charge in [0, 0.05) is 36.2 Å². The zero-order valence-electron chi connectivity index (χ0n) is 25.9. The van der Waals surface area contributed by atoms with Gasteiger partial charge in [-0.05, 0) is 24.1 Å². The summed E-state index contributed by atoms with van der Waals surface area (Å²) in [5.41, 5.74) is 0.927. The van der Waals surface area contributed by atoms with E-state index in [0.717, 1.165) is 22.5 Å². The van der Waals surface area contributed by atoms with Crippen LogP contribution in [0.2, 0.25) is 0 Å². The first-order valence-electron chi connectivity index (χ1n) is 14.3. The number of carboxylic acid groups (broad SMARTS) is 4. The molecule has 6 N–H and O–H groups in total. The molecule has 3 rings (SSSR count). The highest BCUT2D eigenvalue weighted by Gasteiger charge is 2.23. The number of carbonyl (C=O) groups is 6. The van der Waals surface area contributed by atoms with Crippen LogP contribution in [0.3, 0.4) is 0 Å². The van der Waals surface area contributed by atoms with Gasteiger partial charge in [0.05, 0.1) is 25.1 Å². The minimum atomic E-state index is -1.37. The topological polar surface area (TPSA) is 273 Å². The molecule has 2 aromatic heterocycles. The summed E-state index contributed by atoms with van der Waals surface area (Å²) in [7, 11) is 0. The fourth-order valence-electron chi connectivity index (χ4n) is 4.55. The largest absolute Gasteiger partial charge is 0.480 e. The lowest BCUT2D eigenvalue weighted by atomic mass is 10.1. The second-order valence-corrected chi connectivity index (χ2v) is 11.1. The standard InChI is InChI=1S/C28H34N8O12S/c29-47-48-49-20-3-1-19(2-4-20)5-8-32(11-21-30-6-9-33(21)13-23(37)35(15-25(39)40)16-26(41)42)12-22-31-7-10-34(22)14-24(38)36(17-27(43)44)18-28(45)46/h1-4,6-7,9-10H,5,8,11-18,29H2,(H,39,40)(H,41,42)(H,43,44)(H,45,46). The zero-order valence-corrected chi connectivity index (χ0v) is 26.7. The molecule has 1 aromatic carbocycles. The molecule has 0 atom stereocenters. The normalized spacial score (nSPS) is 11.0. The Morgan fingerprint density at radius 2 is 1.14 bits per heavy atom. The maximum Gasteiger partial charge on any atom is 0.323 e. The van der Waals surface area contributed by atoms with Crippen molar-refractivity contribution in [1.29, 1.82) is 0 Å². The molecule has 3 aromatic rings. The Hall–Kier alpha value is -5.35. The summed E-state index contributed by atoms with van der Waals surface area (Å²) in [5.74, 6) is -1.35. The lowest BCUT2D eigenvalue weighted by molar-refractivity contribution is -0.195. The van der Waals surface area contributed by atoms with Crippen molar-refractivity contribution in [3.8, 4) is 0 Å². The van der Waals surface area contributed by atoms with Crippen LogP contribution < -0.4 is 5.90 Å². The van der Waals surface area contributed by atoms with E-state index in [2.05, 4.69) is 19.3 Å². The SMILES string of the molecule is NOOSc1ccc(CCN(Cc2nccn2CC(=O)N(CC(=O)O)CC(=O)O)Cc2nccn2CC(=O)N(CC(=O)O)CC(=O)O)cc1. The number of carboxylic acids is 4. The first-order valence-corrected chi connectivity index (χ1v) is 15.0. The highest BCUT2D eigenvalue weighted by Crippen LogP contribution is 2.20. The molecule has 264 valence electrons. The van der Waals surface area contributed by atoms with Gasteiger partial charge >= 0.3 is 23.9 Å². The summed E-state index contributed by atoms with van der Waals surface area (Å²) in [4.78, 5) is 87.5. The van der Waals surface area contributed by atoms with Crippen LogP contribution in [-0.4, -0.2) is 123 Å². The molecular weight excluding hydrogens is 672 g/mol. The van der Waals surface area contributed by atoms with Gasteiger partial charge in [0.1, 0.15) is 50.9 Å². The molecule has 2 amide bonds. The number of nitrogens with zero attached hydrogens (tertiary/aromatic N) is 7. The predicted octanol–water partition coefficient (Wildman–Crippen LogP) is -0.851. The number of rotatable bonds is 22. The highest BCUT2D eigenvalue weighted by molar-refractivity contribution is 7.94. The maximum absolute atomic E-state index is 12.9. The molecule has 0 aliphatic carbocycles. The quantitative estimate of drug-likeness (QED) is 0.0483. The predicted molar refractivity (Wildman–Crippen MR) is 165 cm³/mol. The molecule has 0 bridgehead atoms. The fraction of sp³-hybridized carbons (Fsp3) is 0.357. The van der Waals surface area contributed by atoms with Crippen molar-refractivity contribution in [2.45, 2.75) is 37.5 Å². The fourth-order valence-corrected chi connectivity index (χ4v) is 4.92. The monoisotopic (exact) mass is 706 g/mol. The average molecular weight is 707 g/mol. The van der Waals surface area contributed by atoms with Gasteiger partial charge in [-0.1, -0.05) is 12.1 Å². The van der Waals surface area contributed by atoms with Crippen LogP contribution in [0.4, 0.5) is 0 Å². The Balaban J connectivity index is 1.83. The number of benzene rings is 1. The first kappa shape index (κ1) is 38.1. The molecule has 0 aliphatic heterocycles. The van der Waals surface area contributed by atoms with Crippen LogP contribution in [-0.2, 0) is 70.7 Å². The average Bonchev–Trinajstić information content (AvgIpc) is 3.66. The van der Waals surface area contributed by atoms with E-state index in [4.69, 9.17) is 26.3 Å². The molecule has 0 fully saturated rings. The van der Waals surface area contributed by atoms with Gasteiger partial charge in [-0.15, -0.1) is 9.32 Å². The minimum Gasteiger partial charge on any atom is -0.480 e. The maximum atomic E-state index is 12.9. The summed E-state index contributed by atoms with van der Waals surface area (Å²) in [6.07, 6.45) is 6.36. The molecule has 2 heterocycles. The van der Waals surface area contributed by atoms with Gasteiger partial charge in [-0.3, -0.25) is 33.7 Å². The number of aromatic nitrogens is 4. The molecule has 49 heavy (non-hydrogen) atoms. The Kier molecular flexibility index (Phi) is 14.7. The molecule has 0 saturated carbocycles. The molecule has 0 aliphatic rings. The van der Waals surface area contributed by atoms with Gasteiger partial charge in [-0.25, -0.2) is 9.97 Å². The second-order valence-electron chi connectivity index (χ2n) is 10.4. The first-order chi connectivity index (χ1) is 23.3. The van der Waals surface area contributed by atoms with Crippen LogP contribution in [0.25, 0.3) is 0 Å². The Morgan fingerprint density at radius 3 is 1.53 bits per heavy atom. The summed E-state index contributed by atoms with van der Waals surface area (Å²) in [5, 5.41) is 36.6. The summed E-state index contributed by atoms with van der Waals surface area (Å²) in [6.45, 7) is -3.35. The highest BCUT2D eigenvalue weighted by atomic mass is 32.2. The van der Waals surface area contributed by atoms with E-state index in [0.29, 0.717) is 34.4 Å². The number of imidazole rings is 2. The third kappa shape index (κ3) is 13.0. The van der Waals surface area contributed by atoms with Crippen LogP contribution in [0.15, 0.2) is 53.9 Å². The van der Waals surface area contributed by atoms with Crippen molar-refractivity contribution >= 4 is 47.7 Å². The summed E-state index contributed by atoms with van der Waals surface area (Å²) < 4.78 is 7.58. The number of nitrogens with two attached hydrogens (primary N) is 1. The molecular formula is C28H34N8O12S. The minimum absolute atomic E-state index is 0.124. The van der Waals surface area contributed by atoms with Gasteiger partial charge in [0.2, 0.25) is 11.8 Å².